The average Bonchev–Trinajstić information content (AvgIpc) is 3.47. The van der Waals surface area contributed by atoms with E-state index < -0.39 is 11.9 Å². The number of hydrogen-bond donors (Lipinski definition) is 1. The first kappa shape index (κ1) is 19.5. The van der Waals surface area contributed by atoms with Crippen LogP contribution in [-0.2, 0) is 20.8 Å². The molecule has 31 heavy (non-hydrogen) atoms. The topological polar surface area (TPSA) is 75.7 Å². The standard InChI is InChI=1S/C25H24N2O4/c1-31-20-10-6-5-9-18(20)26-23(28)19(13-15-7-3-2-4-8-15)27-24(29)21-16-11-12-17(14-16)22(21)25(27)30/h2-12,16-17,19,21-22H,13-14H2,1H3,(H,26,28)/t16-,17+,19-,21+,22+/m1/s1. The van der Waals surface area contributed by atoms with Crippen LogP contribution in [-0.4, -0.2) is 35.8 Å². The van der Waals surface area contributed by atoms with Gasteiger partial charge < -0.3 is 10.1 Å². The first-order chi connectivity index (χ1) is 15.1. The molecule has 2 bridgehead atoms. The molecule has 3 amide bonds. The van der Waals surface area contributed by atoms with E-state index >= 15 is 0 Å². The number of nitrogens with zero attached hydrogens (tertiary/aromatic N) is 1. The molecule has 5 atom stereocenters. The number of hydrogen-bond acceptors (Lipinski definition) is 4. The fraction of sp³-hybridized carbons (Fsp3) is 0.320. The van der Waals surface area contributed by atoms with E-state index in [2.05, 4.69) is 17.5 Å². The minimum atomic E-state index is -0.919. The van der Waals surface area contributed by atoms with Crippen molar-refractivity contribution in [1.29, 1.82) is 0 Å². The predicted octanol–water partition coefficient (Wildman–Crippen LogP) is 3.05. The van der Waals surface area contributed by atoms with E-state index in [0.717, 1.165) is 12.0 Å². The molecule has 1 N–H and O–H groups in total. The van der Waals surface area contributed by atoms with E-state index in [1.807, 2.05) is 36.4 Å². The summed E-state index contributed by atoms with van der Waals surface area (Å²) in [6.07, 6.45) is 5.24. The van der Waals surface area contributed by atoms with Gasteiger partial charge in [-0.25, -0.2) is 0 Å². The summed E-state index contributed by atoms with van der Waals surface area (Å²) in [5.74, 6) is -0.773. The predicted molar refractivity (Wildman–Crippen MR) is 115 cm³/mol. The number of likely N-dealkylation sites (tertiary alicyclic amines) is 1. The van der Waals surface area contributed by atoms with Crippen molar-refractivity contribution in [3.05, 3.63) is 72.3 Å². The van der Waals surface area contributed by atoms with Gasteiger partial charge >= 0.3 is 0 Å². The Hall–Kier alpha value is -3.41. The summed E-state index contributed by atoms with van der Waals surface area (Å²) in [5, 5.41) is 2.88. The monoisotopic (exact) mass is 416 g/mol. The van der Waals surface area contributed by atoms with Gasteiger partial charge in [-0.15, -0.1) is 0 Å². The van der Waals surface area contributed by atoms with Crippen LogP contribution in [0.4, 0.5) is 5.69 Å². The summed E-state index contributed by atoms with van der Waals surface area (Å²) in [4.78, 5) is 41.4. The van der Waals surface area contributed by atoms with Crippen LogP contribution in [0, 0.1) is 23.7 Å². The number of ether oxygens (including phenoxy) is 1. The van der Waals surface area contributed by atoms with Crippen molar-refractivity contribution >= 4 is 23.4 Å². The molecule has 1 saturated carbocycles. The number of para-hydroxylation sites is 2. The van der Waals surface area contributed by atoms with Crippen LogP contribution in [0.15, 0.2) is 66.7 Å². The second-order valence-electron chi connectivity index (χ2n) is 8.44. The van der Waals surface area contributed by atoms with Crippen molar-refractivity contribution in [3.8, 4) is 5.75 Å². The van der Waals surface area contributed by atoms with Crippen molar-refractivity contribution < 1.29 is 19.1 Å². The molecule has 6 heteroatoms. The first-order valence-electron chi connectivity index (χ1n) is 10.6. The molecular weight excluding hydrogens is 392 g/mol. The number of carbonyl (C=O) groups is 3. The van der Waals surface area contributed by atoms with Crippen molar-refractivity contribution in [3.63, 3.8) is 0 Å². The van der Waals surface area contributed by atoms with Gasteiger partial charge in [-0.3, -0.25) is 19.3 Å². The van der Waals surface area contributed by atoms with Gasteiger partial charge in [0.05, 0.1) is 24.6 Å². The molecule has 0 spiro atoms. The van der Waals surface area contributed by atoms with Crippen LogP contribution < -0.4 is 10.1 Å². The van der Waals surface area contributed by atoms with Crippen molar-refractivity contribution in [2.75, 3.05) is 12.4 Å². The Morgan fingerprint density at radius 1 is 1.00 bits per heavy atom. The maximum absolute atomic E-state index is 13.4. The summed E-state index contributed by atoms with van der Waals surface area (Å²) >= 11 is 0. The average molecular weight is 416 g/mol. The molecule has 0 unspecified atom stereocenters. The minimum absolute atomic E-state index is 0.103. The van der Waals surface area contributed by atoms with E-state index in [1.165, 1.54) is 12.0 Å². The Kier molecular flexibility index (Phi) is 4.85. The normalized spacial score (nSPS) is 26.8. The van der Waals surface area contributed by atoms with Gasteiger partial charge in [0, 0.05) is 6.42 Å². The third-order valence-corrected chi connectivity index (χ3v) is 6.76. The Morgan fingerprint density at radius 3 is 2.26 bits per heavy atom. The zero-order valence-electron chi connectivity index (χ0n) is 17.2. The number of fused-ring (bicyclic) bond motifs is 5. The van der Waals surface area contributed by atoms with Gasteiger partial charge in [0.2, 0.25) is 17.7 Å². The summed E-state index contributed by atoms with van der Waals surface area (Å²) in [7, 11) is 1.53. The number of benzene rings is 2. The third kappa shape index (κ3) is 3.23. The fourth-order valence-electron chi connectivity index (χ4n) is 5.34. The van der Waals surface area contributed by atoms with E-state index in [9.17, 15) is 14.4 Å². The summed E-state index contributed by atoms with van der Waals surface area (Å²) in [6.45, 7) is 0. The van der Waals surface area contributed by atoms with E-state index in [4.69, 9.17) is 4.74 Å². The summed E-state index contributed by atoms with van der Waals surface area (Å²) in [5.41, 5.74) is 1.40. The van der Waals surface area contributed by atoms with Crippen LogP contribution in [0.2, 0.25) is 0 Å². The molecule has 2 aromatic rings. The van der Waals surface area contributed by atoms with Crippen LogP contribution in [0.5, 0.6) is 5.75 Å². The lowest BCUT2D eigenvalue weighted by Gasteiger charge is -2.27. The summed E-state index contributed by atoms with van der Waals surface area (Å²) < 4.78 is 5.34. The Morgan fingerprint density at radius 2 is 1.61 bits per heavy atom. The molecular formula is C25H24N2O4. The van der Waals surface area contributed by atoms with E-state index in [1.54, 1.807) is 18.2 Å². The zero-order chi connectivity index (χ0) is 21.5. The molecule has 6 nitrogen and oxygen atoms in total. The van der Waals surface area contributed by atoms with E-state index in [0.29, 0.717) is 11.4 Å². The smallest absolute Gasteiger partial charge is 0.248 e. The van der Waals surface area contributed by atoms with Crippen LogP contribution in [0.3, 0.4) is 0 Å². The van der Waals surface area contributed by atoms with E-state index in [-0.39, 0.29) is 41.9 Å². The van der Waals surface area contributed by atoms with Gasteiger partial charge in [-0.2, -0.15) is 0 Å². The number of nitrogens with one attached hydrogen (secondary N) is 1. The van der Waals surface area contributed by atoms with Gasteiger partial charge in [0.1, 0.15) is 11.8 Å². The number of amides is 3. The lowest BCUT2D eigenvalue weighted by molar-refractivity contribution is -0.147. The number of anilines is 1. The third-order valence-electron chi connectivity index (χ3n) is 6.76. The highest BCUT2D eigenvalue weighted by molar-refractivity contribution is 6.11. The van der Waals surface area contributed by atoms with Gasteiger partial charge in [-0.1, -0.05) is 54.6 Å². The molecule has 1 aliphatic heterocycles. The lowest BCUT2D eigenvalue weighted by atomic mass is 9.85. The molecule has 2 aromatic carbocycles. The van der Waals surface area contributed by atoms with Gasteiger partial charge in [-0.05, 0) is 36.0 Å². The first-order valence-corrected chi connectivity index (χ1v) is 10.6. The molecule has 0 radical (unpaired) electrons. The highest BCUT2D eigenvalue weighted by Gasteiger charge is 2.61. The van der Waals surface area contributed by atoms with Crippen LogP contribution in [0.1, 0.15) is 12.0 Å². The number of imide groups is 1. The summed E-state index contributed by atoms with van der Waals surface area (Å²) in [6, 6.07) is 15.7. The number of allylic oxidation sites excluding steroid dienone is 2. The highest BCUT2D eigenvalue weighted by atomic mass is 16.5. The zero-order valence-corrected chi connectivity index (χ0v) is 17.2. The number of carbonyl (C=O) groups excluding carboxylic acids is 3. The maximum atomic E-state index is 13.4. The molecule has 3 aliphatic rings. The molecule has 5 rings (SSSR count). The Bertz CT molecular complexity index is 1030. The maximum Gasteiger partial charge on any atom is 0.248 e. The lowest BCUT2D eigenvalue weighted by Crippen LogP contribution is -2.49. The van der Waals surface area contributed by atoms with Crippen molar-refractivity contribution in [2.45, 2.75) is 18.9 Å². The fourth-order valence-corrected chi connectivity index (χ4v) is 5.34. The molecule has 1 saturated heterocycles. The number of rotatable bonds is 6. The molecule has 1 heterocycles. The second-order valence-corrected chi connectivity index (χ2v) is 8.44. The van der Waals surface area contributed by atoms with Crippen LogP contribution >= 0.6 is 0 Å². The Labute approximate surface area is 180 Å². The largest absolute Gasteiger partial charge is 0.495 e. The van der Waals surface area contributed by atoms with Crippen molar-refractivity contribution in [2.24, 2.45) is 23.7 Å². The van der Waals surface area contributed by atoms with Crippen molar-refractivity contribution in [1.82, 2.24) is 4.90 Å². The molecule has 158 valence electrons. The second kappa shape index (κ2) is 7.69. The van der Waals surface area contributed by atoms with Gasteiger partial charge in [0.15, 0.2) is 0 Å². The molecule has 0 aromatic heterocycles. The SMILES string of the molecule is COc1ccccc1NC(=O)[C@@H](Cc1ccccc1)N1C(=O)[C@@H]2[C@@H](C1=O)[C@H]1C=C[C@@H]2C1. The highest BCUT2D eigenvalue weighted by Crippen LogP contribution is 2.53. The minimum Gasteiger partial charge on any atom is -0.495 e. The van der Waals surface area contributed by atoms with Crippen LogP contribution in [0.25, 0.3) is 0 Å². The molecule has 2 fully saturated rings. The Balaban J connectivity index is 1.47. The molecule has 2 aliphatic carbocycles. The number of methoxy groups -OCH3 is 1. The van der Waals surface area contributed by atoms with Gasteiger partial charge in [0.25, 0.3) is 0 Å². The quantitative estimate of drug-likeness (QED) is 0.580.